The molecule has 4 heteroatoms. The van der Waals surface area contributed by atoms with Crippen LogP contribution in [0.4, 0.5) is 0 Å². The lowest BCUT2D eigenvalue weighted by Gasteiger charge is -2.32. The lowest BCUT2D eigenvalue weighted by atomic mass is 9.91. The van der Waals surface area contributed by atoms with Crippen LogP contribution in [-0.2, 0) is 9.47 Å². The summed E-state index contributed by atoms with van der Waals surface area (Å²) in [6, 6.07) is 0.630. The van der Waals surface area contributed by atoms with Crippen LogP contribution in [0.25, 0.3) is 0 Å². The van der Waals surface area contributed by atoms with Gasteiger partial charge in [0.25, 0.3) is 0 Å². The zero-order valence-corrected chi connectivity index (χ0v) is 13.7. The molecule has 120 valence electrons. The number of hydrogen-bond acceptors (Lipinski definition) is 4. The fourth-order valence-corrected chi connectivity index (χ4v) is 2.28. The van der Waals surface area contributed by atoms with Crippen LogP contribution in [0.1, 0.15) is 59.3 Å². The van der Waals surface area contributed by atoms with E-state index in [1.165, 1.54) is 12.8 Å². The van der Waals surface area contributed by atoms with E-state index < -0.39 is 0 Å². The van der Waals surface area contributed by atoms with Gasteiger partial charge in [0.1, 0.15) is 0 Å². The maximum Gasteiger partial charge on any atom is 0.0644 e. The summed E-state index contributed by atoms with van der Waals surface area (Å²) in [6.45, 7) is 8.00. The number of ether oxygens (including phenoxy) is 2. The molecule has 0 aromatic carbocycles. The first-order chi connectivity index (χ1) is 9.47. The Morgan fingerprint density at radius 3 is 2.40 bits per heavy atom. The van der Waals surface area contributed by atoms with Crippen molar-refractivity contribution in [2.75, 3.05) is 26.9 Å². The number of hydrogen-bond donors (Lipinski definition) is 2. The first-order valence-corrected chi connectivity index (χ1v) is 7.98. The Hall–Kier alpha value is -0.160. The van der Waals surface area contributed by atoms with Gasteiger partial charge in [-0.25, -0.2) is 0 Å². The summed E-state index contributed by atoms with van der Waals surface area (Å²) in [5.41, 5.74) is -0.206. The van der Waals surface area contributed by atoms with Crippen molar-refractivity contribution >= 4 is 0 Å². The van der Waals surface area contributed by atoms with Crippen LogP contribution in [0.3, 0.4) is 0 Å². The molecule has 1 aliphatic rings. The minimum atomic E-state index is -0.105. The van der Waals surface area contributed by atoms with Crippen molar-refractivity contribution in [1.29, 1.82) is 0 Å². The Kier molecular flexibility index (Phi) is 7.45. The molecule has 1 aliphatic carbocycles. The molecular formula is C16H33NO3. The number of aliphatic hydroxyl groups excluding tert-OH is 1. The lowest BCUT2D eigenvalue weighted by molar-refractivity contribution is -0.0110. The molecule has 1 fully saturated rings. The average Bonchev–Trinajstić information content (AvgIpc) is 3.25. The van der Waals surface area contributed by atoms with Gasteiger partial charge in [-0.1, -0.05) is 6.92 Å². The smallest absolute Gasteiger partial charge is 0.0644 e. The number of rotatable bonds is 12. The lowest BCUT2D eigenvalue weighted by Crippen LogP contribution is -2.49. The highest BCUT2D eigenvalue weighted by atomic mass is 16.5. The zero-order valence-electron chi connectivity index (χ0n) is 13.7. The molecule has 0 aromatic rings. The maximum atomic E-state index is 9.67. The third-order valence-electron chi connectivity index (χ3n) is 4.41. The number of aliphatic hydroxyl groups is 1. The second-order valence-electron chi connectivity index (χ2n) is 6.64. The molecule has 0 aromatic heterocycles. The summed E-state index contributed by atoms with van der Waals surface area (Å²) < 4.78 is 11.0. The summed E-state index contributed by atoms with van der Waals surface area (Å²) in [4.78, 5) is 0. The Balaban J connectivity index is 2.14. The van der Waals surface area contributed by atoms with E-state index in [-0.39, 0.29) is 17.7 Å². The van der Waals surface area contributed by atoms with Crippen LogP contribution in [0, 0.1) is 0 Å². The SMILES string of the molecule is CCC(CO)(CCCOCCC(C)(C)OC)NC1CC1. The molecule has 0 saturated heterocycles. The van der Waals surface area contributed by atoms with Crippen molar-refractivity contribution in [2.45, 2.75) is 76.5 Å². The number of methoxy groups -OCH3 is 1. The van der Waals surface area contributed by atoms with Gasteiger partial charge >= 0.3 is 0 Å². The maximum absolute atomic E-state index is 9.67. The molecule has 2 N–H and O–H groups in total. The van der Waals surface area contributed by atoms with Crippen molar-refractivity contribution in [2.24, 2.45) is 0 Å². The van der Waals surface area contributed by atoms with E-state index in [2.05, 4.69) is 26.1 Å². The Morgan fingerprint density at radius 1 is 1.20 bits per heavy atom. The van der Waals surface area contributed by atoms with Gasteiger partial charge in [-0.2, -0.15) is 0 Å². The van der Waals surface area contributed by atoms with Crippen molar-refractivity contribution in [3.63, 3.8) is 0 Å². The molecule has 0 amide bonds. The predicted octanol–water partition coefficient (Wildman–Crippen LogP) is 2.49. The zero-order chi connectivity index (χ0) is 15.1. The molecule has 1 saturated carbocycles. The van der Waals surface area contributed by atoms with Crippen LogP contribution in [-0.4, -0.2) is 49.2 Å². The van der Waals surface area contributed by atoms with E-state index in [9.17, 15) is 5.11 Å². The van der Waals surface area contributed by atoms with Gasteiger partial charge in [0.05, 0.1) is 12.2 Å². The van der Waals surface area contributed by atoms with E-state index >= 15 is 0 Å². The molecule has 1 rings (SSSR count). The van der Waals surface area contributed by atoms with Gasteiger partial charge in [-0.3, -0.25) is 0 Å². The molecule has 0 bridgehead atoms. The van der Waals surface area contributed by atoms with Gasteiger partial charge in [-0.15, -0.1) is 0 Å². The van der Waals surface area contributed by atoms with Gasteiger partial charge in [0.15, 0.2) is 0 Å². The largest absolute Gasteiger partial charge is 0.394 e. The molecule has 1 unspecified atom stereocenters. The molecule has 0 aliphatic heterocycles. The molecule has 0 spiro atoms. The monoisotopic (exact) mass is 287 g/mol. The first kappa shape index (κ1) is 17.9. The van der Waals surface area contributed by atoms with Crippen molar-refractivity contribution in [1.82, 2.24) is 5.32 Å². The Morgan fingerprint density at radius 2 is 1.90 bits per heavy atom. The van der Waals surface area contributed by atoms with Crippen LogP contribution in [0.5, 0.6) is 0 Å². The molecule has 0 radical (unpaired) electrons. The topological polar surface area (TPSA) is 50.7 Å². The Labute approximate surface area is 124 Å². The van der Waals surface area contributed by atoms with E-state index in [1.54, 1.807) is 7.11 Å². The number of nitrogens with one attached hydrogen (secondary N) is 1. The standard InChI is InChI=1S/C16H33NO3/c1-5-16(13-18,17-14-7-8-14)9-6-11-20-12-10-15(2,3)19-4/h14,17-18H,5-13H2,1-4H3. The van der Waals surface area contributed by atoms with Gasteiger partial charge in [-0.05, 0) is 52.4 Å². The normalized spacial score (nSPS) is 19.1. The molecule has 4 nitrogen and oxygen atoms in total. The average molecular weight is 287 g/mol. The van der Waals surface area contributed by atoms with E-state index in [4.69, 9.17) is 9.47 Å². The van der Waals surface area contributed by atoms with Gasteiger partial charge in [0, 0.05) is 31.9 Å². The summed E-state index contributed by atoms with van der Waals surface area (Å²) in [6.07, 6.45) is 6.35. The summed E-state index contributed by atoms with van der Waals surface area (Å²) in [5.74, 6) is 0. The highest BCUT2D eigenvalue weighted by molar-refractivity contribution is 4.94. The van der Waals surface area contributed by atoms with Crippen LogP contribution < -0.4 is 5.32 Å². The first-order valence-electron chi connectivity index (χ1n) is 7.98. The van der Waals surface area contributed by atoms with Crippen LogP contribution >= 0.6 is 0 Å². The minimum Gasteiger partial charge on any atom is -0.394 e. The summed E-state index contributed by atoms with van der Waals surface area (Å²) in [7, 11) is 1.74. The fraction of sp³-hybridized carbons (Fsp3) is 1.00. The predicted molar refractivity (Wildman–Crippen MR) is 82.0 cm³/mol. The van der Waals surface area contributed by atoms with E-state index in [0.29, 0.717) is 6.04 Å². The highest BCUT2D eigenvalue weighted by Crippen LogP contribution is 2.26. The van der Waals surface area contributed by atoms with Gasteiger partial charge < -0.3 is 19.9 Å². The fourth-order valence-electron chi connectivity index (χ4n) is 2.28. The van der Waals surface area contributed by atoms with Gasteiger partial charge in [0.2, 0.25) is 0 Å². The third kappa shape index (κ3) is 6.53. The van der Waals surface area contributed by atoms with Crippen LogP contribution in [0.2, 0.25) is 0 Å². The van der Waals surface area contributed by atoms with E-state index in [0.717, 1.165) is 38.9 Å². The van der Waals surface area contributed by atoms with Crippen molar-refractivity contribution < 1.29 is 14.6 Å². The summed E-state index contributed by atoms with van der Waals surface area (Å²) in [5, 5.41) is 13.3. The van der Waals surface area contributed by atoms with E-state index in [1.807, 2.05) is 0 Å². The Bertz CT molecular complexity index is 260. The second-order valence-corrected chi connectivity index (χ2v) is 6.64. The highest BCUT2D eigenvalue weighted by Gasteiger charge is 2.33. The summed E-state index contributed by atoms with van der Waals surface area (Å²) >= 11 is 0. The van der Waals surface area contributed by atoms with Crippen LogP contribution in [0.15, 0.2) is 0 Å². The molecular weight excluding hydrogens is 254 g/mol. The quantitative estimate of drug-likeness (QED) is 0.542. The molecule has 1 atom stereocenters. The second kappa shape index (κ2) is 8.32. The third-order valence-corrected chi connectivity index (χ3v) is 4.41. The van der Waals surface area contributed by atoms with Crippen molar-refractivity contribution in [3.8, 4) is 0 Å². The molecule has 20 heavy (non-hydrogen) atoms. The van der Waals surface area contributed by atoms with Crippen molar-refractivity contribution in [3.05, 3.63) is 0 Å². The molecule has 0 heterocycles. The minimum absolute atomic E-state index is 0.101.